The Balaban J connectivity index is 2.13. The summed E-state index contributed by atoms with van der Waals surface area (Å²) in [6.45, 7) is 1.75. The fourth-order valence-corrected chi connectivity index (χ4v) is 3.10. The Labute approximate surface area is 131 Å². The van der Waals surface area contributed by atoms with E-state index in [0.717, 1.165) is 38.2 Å². The van der Waals surface area contributed by atoms with E-state index in [1.165, 1.54) is 12.3 Å². The fourth-order valence-electron chi connectivity index (χ4n) is 3.10. The zero-order valence-electron chi connectivity index (χ0n) is 12.8. The van der Waals surface area contributed by atoms with Crippen molar-refractivity contribution in [1.29, 1.82) is 0 Å². The van der Waals surface area contributed by atoms with Gasteiger partial charge in [0.2, 0.25) is 0 Å². The van der Waals surface area contributed by atoms with Crippen LogP contribution in [0.3, 0.4) is 0 Å². The Bertz CT molecular complexity index is 774. The van der Waals surface area contributed by atoms with E-state index in [1.54, 1.807) is 6.92 Å². The number of aromatic amines is 1. The van der Waals surface area contributed by atoms with E-state index < -0.39 is 17.3 Å². The van der Waals surface area contributed by atoms with Crippen LogP contribution < -0.4 is 10.3 Å². The molecule has 6 heteroatoms. The van der Waals surface area contributed by atoms with Gasteiger partial charge in [-0.15, -0.1) is 0 Å². The molecule has 124 valence electrons. The molecular weight excluding hydrogens is 307 g/mol. The lowest BCUT2D eigenvalue weighted by Gasteiger charge is -2.25. The van der Waals surface area contributed by atoms with E-state index in [4.69, 9.17) is 4.74 Å². The summed E-state index contributed by atoms with van der Waals surface area (Å²) in [6.07, 6.45) is 1.32. The van der Waals surface area contributed by atoms with Crippen molar-refractivity contribution in [1.82, 2.24) is 4.98 Å². The Hall–Kier alpha value is -1.98. The molecule has 0 radical (unpaired) electrons. The van der Waals surface area contributed by atoms with E-state index in [2.05, 4.69) is 4.98 Å². The molecule has 1 aromatic heterocycles. The monoisotopic (exact) mass is 325 g/mol. The number of halogens is 3. The predicted molar refractivity (Wildman–Crippen MR) is 81.8 cm³/mol. The van der Waals surface area contributed by atoms with Crippen LogP contribution in [0.25, 0.3) is 10.8 Å². The maximum atomic E-state index is 13.4. The molecule has 1 aromatic carbocycles. The van der Waals surface area contributed by atoms with Gasteiger partial charge in [0, 0.05) is 11.6 Å². The molecule has 1 aliphatic rings. The number of pyridine rings is 1. The second kappa shape index (κ2) is 5.91. The number of hydrogen-bond acceptors (Lipinski definition) is 2. The number of ether oxygens (including phenoxy) is 1. The molecule has 1 aliphatic carbocycles. The van der Waals surface area contributed by atoms with Crippen molar-refractivity contribution >= 4 is 10.8 Å². The number of fused-ring (bicyclic) bond motifs is 1. The third-order valence-electron chi connectivity index (χ3n) is 4.36. The van der Waals surface area contributed by atoms with Crippen LogP contribution in [0, 0.1) is 6.92 Å². The van der Waals surface area contributed by atoms with Gasteiger partial charge in [-0.1, -0.05) is 6.42 Å². The highest BCUT2D eigenvalue weighted by atomic mass is 19.4. The third-order valence-corrected chi connectivity index (χ3v) is 4.36. The number of aryl methyl sites for hydroxylation is 1. The lowest BCUT2D eigenvalue weighted by Crippen LogP contribution is -2.22. The first-order chi connectivity index (χ1) is 10.9. The summed E-state index contributed by atoms with van der Waals surface area (Å²) in [5, 5.41) is 0.529. The molecule has 0 saturated heterocycles. The summed E-state index contributed by atoms with van der Waals surface area (Å²) in [5.41, 5.74) is -0.700. The number of rotatable bonds is 2. The number of alkyl halides is 3. The van der Waals surface area contributed by atoms with Crippen LogP contribution in [0.15, 0.2) is 23.1 Å². The van der Waals surface area contributed by atoms with Crippen LogP contribution >= 0.6 is 0 Å². The molecule has 1 N–H and O–H groups in total. The van der Waals surface area contributed by atoms with Crippen LogP contribution in [0.2, 0.25) is 0 Å². The molecule has 2 aromatic rings. The zero-order valence-corrected chi connectivity index (χ0v) is 12.8. The summed E-state index contributed by atoms with van der Waals surface area (Å²) >= 11 is 0. The first-order valence-electron chi connectivity index (χ1n) is 7.76. The minimum atomic E-state index is -4.56. The van der Waals surface area contributed by atoms with Gasteiger partial charge >= 0.3 is 6.18 Å². The van der Waals surface area contributed by atoms with Crippen molar-refractivity contribution in [3.8, 4) is 5.75 Å². The smallest absolute Gasteiger partial charge is 0.419 e. The molecular formula is C17H18F3NO2. The zero-order chi connectivity index (χ0) is 16.6. The topological polar surface area (TPSA) is 42.1 Å². The van der Waals surface area contributed by atoms with Crippen molar-refractivity contribution in [2.75, 3.05) is 0 Å². The minimum absolute atomic E-state index is 0.0355. The number of hydrogen-bond donors (Lipinski definition) is 1. The van der Waals surface area contributed by atoms with Crippen LogP contribution in [0.4, 0.5) is 13.2 Å². The first kappa shape index (κ1) is 15.9. The molecule has 1 heterocycles. The van der Waals surface area contributed by atoms with E-state index >= 15 is 0 Å². The molecule has 1 saturated carbocycles. The highest BCUT2D eigenvalue weighted by Gasteiger charge is 2.36. The molecule has 0 aliphatic heterocycles. The fraction of sp³-hybridized carbons (Fsp3) is 0.471. The minimum Gasteiger partial charge on any atom is -0.490 e. The molecule has 0 spiro atoms. The Kier molecular flexibility index (Phi) is 4.08. The Morgan fingerprint density at radius 2 is 1.83 bits per heavy atom. The molecule has 0 amide bonds. The van der Waals surface area contributed by atoms with E-state index in [-0.39, 0.29) is 17.2 Å². The highest BCUT2D eigenvalue weighted by molar-refractivity contribution is 5.87. The van der Waals surface area contributed by atoms with Crippen molar-refractivity contribution in [2.24, 2.45) is 0 Å². The maximum absolute atomic E-state index is 13.4. The second-order valence-electron chi connectivity index (χ2n) is 6.07. The first-order valence-corrected chi connectivity index (χ1v) is 7.76. The second-order valence-corrected chi connectivity index (χ2v) is 6.07. The lowest BCUT2D eigenvalue weighted by molar-refractivity contribution is -0.139. The van der Waals surface area contributed by atoms with Crippen molar-refractivity contribution in [3.63, 3.8) is 0 Å². The SMILES string of the molecule is Cc1c[nH]c(=O)c2cc(C(F)(F)F)c(OC3CCCCC3)cc12. The van der Waals surface area contributed by atoms with Gasteiger partial charge in [-0.3, -0.25) is 4.79 Å². The number of aromatic nitrogens is 1. The quantitative estimate of drug-likeness (QED) is 0.879. The molecule has 0 bridgehead atoms. The van der Waals surface area contributed by atoms with Crippen LogP contribution in [0.1, 0.15) is 43.2 Å². The van der Waals surface area contributed by atoms with Crippen molar-refractivity contribution < 1.29 is 17.9 Å². The molecule has 3 rings (SSSR count). The van der Waals surface area contributed by atoms with Gasteiger partial charge in [0.15, 0.2) is 0 Å². The molecule has 3 nitrogen and oxygen atoms in total. The largest absolute Gasteiger partial charge is 0.490 e. The number of benzene rings is 1. The van der Waals surface area contributed by atoms with Gasteiger partial charge in [0.05, 0.1) is 11.7 Å². The van der Waals surface area contributed by atoms with E-state index in [1.807, 2.05) is 0 Å². The Morgan fingerprint density at radius 1 is 1.13 bits per heavy atom. The summed E-state index contributed by atoms with van der Waals surface area (Å²) in [7, 11) is 0. The predicted octanol–water partition coefficient (Wildman–Crippen LogP) is 4.57. The van der Waals surface area contributed by atoms with E-state index in [9.17, 15) is 18.0 Å². The molecule has 0 atom stereocenters. The average molecular weight is 325 g/mol. The lowest BCUT2D eigenvalue weighted by atomic mass is 9.97. The van der Waals surface area contributed by atoms with Gasteiger partial charge in [-0.05, 0) is 55.7 Å². The van der Waals surface area contributed by atoms with Crippen molar-refractivity contribution in [2.45, 2.75) is 51.3 Å². The van der Waals surface area contributed by atoms with Gasteiger partial charge in [0.25, 0.3) is 5.56 Å². The van der Waals surface area contributed by atoms with Gasteiger partial charge in [-0.25, -0.2) is 0 Å². The average Bonchev–Trinajstić information content (AvgIpc) is 2.51. The Morgan fingerprint density at radius 3 is 2.48 bits per heavy atom. The van der Waals surface area contributed by atoms with E-state index in [0.29, 0.717) is 10.9 Å². The third kappa shape index (κ3) is 3.21. The summed E-state index contributed by atoms with van der Waals surface area (Å²) in [5.74, 6) is -0.175. The maximum Gasteiger partial charge on any atom is 0.419 e. The van der Waals surface area contributed by atoms with Gasteiger partial charge in [0.1, 0.15) is 5.75 Å². The number of nitrogens with one attached hydrogen (secondary N) is 1. The van der Waals surface area contributed by atoms with Gasteiger partial charge in [-0.2, -0.15) is 13.2 Å². The summed E-state index contributed by atoms with van der Waals surface area (Å²) in [4.78, 5) is 14.3. The molecule has 0 unspecified atom stereocenters. The van der Waals surface area contributed by atoms with Crippen LogP contribution in [-0.4, -0.2) is 11.1 Å². The standard InChI is InChI=1S/C17H18F3NO2/c1-10-9-21-16(22)13-7-14(17(18,19)20)15(8-12(10)13)23-11-5-3-2-4-6-11/h7-9,11H,2-6H2,1H3,(H,21,22). The normalized spacial score (nSPS) is 16.7. The highest BCUT2D eigenvalue weighted by Crippen LogP contribution is 2.40. The van der Waals surface area contributed by atoms with Crippen molar-refractivity contribution in [3.05, 3.63) is 39.8 Å². The van der Waals surface area contributed by atoms with Crippen LogP contribution in [-0.2, 0) is 6.18 Å². The number of H-pyrrole nitrogens is 1. The van der Waals surface area contributed by atoms with Gasteiger partial charge < -0.3 is 9.72 Å². The molecule has 23 heavy (non-hydrogen) atoms. The van der Waals surface area contributed by atoms with Crippen LogP contribution in [0.5, 0.6) is 5.75 Å². The summed E-state index contributed by atoms with van der Waals surface area (Å²) in [6, 6.07) is 2.26. The molecule has 1 fully saturated rings. The summed E-state index contributed by atoms with van der Waals surface area (Å²) < 4.78 is 45.8.